The van der Waals surface area contributed by atoms with Gasteiger partial charge in [0.25, 0.3) is 0 Å². The fourth-order valence-electron chi connectivity index (χ4n) is 1.40. The van der Waals surface area contributed by atoms with Gasteiger partial charge in [0.15, 0.2) is 0 Å². The minimum atomic E-state index is -0.0470. The summed E-state index contributed by atoms with van der Waals surface area (Å²) in [6, 6.07) is 9.74. The lowest BCUT2D eigenvalue weighted by atomic mass is 10.1. The van der Waals surface area contributed by atoms with Gasteiger partial charge in [-0.2, -0.15) is 0 Å². The van der Waals surface area contributed by atoms with E-state index in [1.165, 1.54) is 6.07 Å². The van der Waals surface area contributed by atoms with Gasteiger partial charge in [-0.3, -0.25) is 0 Å². The number of hydrogen-bond donors (Lipinski definition) is 2. The van der Waals surface area contributed by atoms with Crippen LogP contribution in [0.15, 0.2) is 36.4 Å². The van der Waals surface area contributed by atoms with E-state index in [1.807, 2.05) is 0 Å². The highest BCUT2D eigenvalue weighted by Gasteiger charge is 2.10. The van der Waals surface area contributed by atoms with Crippen LogP contribution in [0.25, 0.3) is 11.1 Å². The molecule has 0 aromatic heterocycles. The van der Waals surface area contributed by atoms with Crippen LogP contribution in [0, 0.1) is 0 Å². The van der Waals surface area contributed by atoms with Crippen LogP contribution < -0.4 is 0 Å². The molecule has 4 heteroatoms. The topological polar surface area (TPSA) is 40.5 Å². The Hall–Kier alpha value is -1.38. The van der Waals surface area contributed by atoms with Gasteiger partial charge in [0.2, 0.25) is 0 Å². The molecule has 0 amide bonds. The molecule has 0 saturated carbocycles. The van der Waals surface area contributed by atoms with E-state index in [0.29, 0.717) is 10.6 Å². The SMILES string of the molecule is Oc1ccc(-c2ccc(O)c(Cl)c2Cl)cc1. The van der Waals surface area contributed by atoms with E-state index in [0.717, 1.165) is 5.56 Å². The first kappa shape index (κ1) is 11.1. The van der Waals surface area contributed by atoms with E-state index in [1.54, 1.807) is 30.3 Å². The molecule has 2 rings (SSSR count). The van der Waals surface area contributed by atoms with Crippen molar-refractivity contribution in [3.8, 4) is 22.6 Å². The van der Waals surface area contributed by atoms with Gasteiger partial charge in [-0.05, 0) is 29.8 Å². The zero-order valence-corrected chi connectivity index (χ0v) is 9.63. The highest BCUT2D eigenvalue weighted by molar-refractivity contribution is 6.44. The molecule has 0 unspecified atom stereocenters. The predicted molar refractivity (Wildman–Crippen MR) is 65.2 cm³/mol. The number of aromatic hydroxyl groups is 2. The third-order valence-corrected chi connectivity index (χ3v) is 3.11. The Labute approximate surface area is 103 Å². The van der Waals surface area contributed by atoms with E-state index < -0.39 is 0 Å². The van der Waals surface area contributed by atoms with Gasteiger partial charge in [-0.1, -0.05) is 35.3 Å². The zero-order chi connectivity index (χ0) is 11.7. The Bertz CT molecular complexity index is 521. The van der Waals surface area contributed by atoms with Crippen LogP contribution in [0.1, 0.15) is 0 Å². The second kappa shape index (κ2) is 4.24. The molecule has 0 aliphatic carbocycles. The average Bonchev–Trinajstić information content (AvgIpc) is 2.28. The summed E-state index contributed by atoms with van der Waals surface area (Å²) < 4.78 is 0. The largest absolute Gasteiger partial charge is 0.508 e. The summed E-state index contributed by atoms with van der Waals surface area (Å²) in [6.07, 6.45) is 0. The quantitative estimate of drug-likeness (QED) is 0.806. The minimum Gasteiger partial charge on any atom is -0.508 e. The van der Waals surface area contributed by atoms with Crippen molar-refractivity contribution in [2.75, 3.05) is 0 Å². The third-order valence-electron chi connectivity index (χ3n) is 2.24. The molecular weight excluding hydrogens is 247 g/mol. The summed E-state index contributed by atoms with van der Waals surface area (Å²) in [5.41, 5.74) is 1.54. The summed E-state index contributed by atoms with van der Waals surface area (Å²) in [5.74, 6) is 0.138. The Kier molecular flexibility index (Phi) is 2.95. The Morgan fingerprint density at radius 2 is 1.38 bits per heavy atom. The highest BCUT2D eigenvalue weighted by atomic mass is 35.5. The summed E-state index contributed by atoms with van der Waals surface area (Å²) in [5, 5.41) is 19.0. The Morgan fingerprint density at radius 3 is 2.00 bits per heavy atom. The molecule has 2 N–H and O–H groups in total. The molecular formula is C12H8Cl2O2. The molecule has 0 fully saturated rings. The normalized spacial score (nSPS) is 10.4. The molecule has 0 atom stereocenters. The number of benzene rings is 2. The molecule has 0 bridgehead atoms. The third kappa shape index (κ3) is 1.94. The first-order valence-corrected chi connectivity index (χ1v) is 5.31. The molecule has 2 nitrogen and oxygen atoms in total. The average molecular weight is 255 g/mol. The van der Waals surface area contributed by atoms with Gasteiger partial charge < -0.3 is 10.2 Å². The van der Waals surface area contributed by atoms with Crippen molar-refractivity contribution in [1.29, 1.82) is 0 Å². The highest BCUT2D eigenvalue weighted by Crippen LogP contribution is 2.38. The van der Waals surface area contributed by atoms with E-state index in [4.69, 9.17) is 23.2 Å². The van der Waals surface area contributed by atoms with Gasteiger partial charge in [-0.15, -0.1) is 0 Å². The predicted octanol–water partition coefficient (Wildman–Crippen LogP) is 4.07. The van der Waals surface area contributed by atoms with Crippen molar-refractivity contribution >= 4 is 23.2 Å². The standard InChI is InChI=1S/C12H8Cl2O2/c13-11-9(5-6-10(16)12(11)14)7-1-3-8(15)4-2-7/h1-6,15-16H. The van der Waals surface area contributed by atoms with Crippen LogP contribution in [0.5, 0.6) is 11.5 Å². The number of hydrogen-bond acceptors (Lipinski definition) is 2. The van der Waals surface area contributed by atoms with E-state index in [9.17, 15) is 10.2 Å². The van der Waals surface area contributed by atoms with Crippen LogP contribution in [-0.2, 0) is 0 Å². The van der Waals surface area contributed by atoms with Gasteiger partial charge in [0, 0.05) is 5.56 Å². The maximum absolute atomic E-state index is 9.36. The van der Waals surface area contributed by atoms with Gasteiger partial charge >= 0.3 is 0 Å². The summed E-state index contributed by atoms with van der Waals surface area (Å²) in [4.78, 5) is 0. The number of halogens is 2. The molecule has 82 valence electrons. The van der Waals surface area contributed by atoms with E-state index in [2.05, 4.69) is 0 Å². The second-order valence-electron chi connectivity index (χ2n) is 3.31. The fourth-order valence-corrected chi connectivity index (χ4v) is 1.84. The van der Waals surface area contributed by atoms with Crippen LogP contribution in [-0.4, -0.2) is 10.2 Å². The molecule has 0 aliphatic rings. The van der Waals surface area contributed by atoms with Crippen LogP contribution in [0.2, 0.25) is 10.0 Å². The van der Waals surface area contributed by atoms with Gasteiger partial charge in [0.1, 0.15) is 16.5 Å². The van der Waals surface area contributed by atoms with Crippen molar-refractivity contribution < 1.29 is 10.2 Å². The number of phenolic OH excluding ortho intramolecular Hbond substituents is 2. The van der Waals surface area contributed by atoms with Crippen molar-refractivity contribution in [2.45, 2.75) is 0 Å². The molecule has 2 aromatic rings. The van der Waals surface area contributed by atoms with Crippen LogP contribution >= 0.6 is 23.2 Å². The molecule has 0 heterocycles. The lowest BCUT2D eigenvalue weighted by molar-refractivity contribution is 0.474. The van der Waals surface area contributed by atoms with E-state index in [-0.39, 0.29) is 16.5 Å². The fraction of sp³-hybridized carbons (Fsp3) is 0. The van der Waals surface area contributed by atoms with Crippen molar-refractivity contribution in [3.05, 3.63) is 46.4 Å². The maximum atomic E-state index is 9.36. The zero-order valence-electron chi connectivity index (χ0n) is 8.11. The molecule has 2 aromatic carbocycles. The van der Waals surface area contributed by atoms with Crippen molar-refractivity contribution in [1.82, 2.24) is 0 Å². The van der Waals surface area contributed by atoms with E-state index >= 15 is 0 Å². The summed E-state index contributed by atoms with van der Waals surface area (Å²) in [6.45, 7) is 0. The smallest absolute Gasteiger partial charge is 0.135 e. The first-order chi connectivity index (χ1) is 7.59. The minimum absolute atomic E-state index is 0.0470. The van der Waals surface area contributed by atoms with Gasteiger partial charge in [0.05, 0.1) is 5.02 Å². The Morgan fingerprint density at radius 1 is 0.750 bits per heavy atom. The number of phenols is 2. The molecule has 0 spiro atoms. The second-order valence-corrected chi connectivity index (χ2v) is 4.06. The van der Waals surface area contributed by atoms with Crippen molar-refractivity contribution in [2.24, 2.45) is 0 Å². The lowest BCUT2D eigenvalue weighted by Gasteiger charge is -2.07. The molecule has 16 heavy (non-hydrogen) atoms. The monoisotopic (exact) mass is 254 g/mol. The van der Waals surface area contributed by atoms with Crippen LogP contribution in [0.4, 0.5) is 0 Å². The summed E-state index contributed by atoms with van der Waals surface area (Å²) >= 11 is 11.9. The number of rotatable bonds is 1. The van der Waals surface area contributed by atoms with Gasteiger partial charge in [-0.25, -0.2) is 0 Å². The van der Waals surface area contributed by atoms with Crippen molar-refractivity contribution in [3.63, 3.8) is 0 Å². The molecule has 0 radical (unpaired) electrons. The lowest BCUT2D eigenvalue weighted by Crippen LogP contribution is -1.81. The Balaban J connectivity index is 2.57. The maximum Gasteiger partial charge on any atom is 0.135 e. The summed E-state index contributed by atoms with van der Waals surface area (Å²) in [7, 11) is 0. The first-order valence-electron chi connectivity index (χ1n) is 4.56. The molecule has 0 aliphatic heterocycles. The van der Waals surface area contributed by atoms with Crippen LogP contribution in [0.3, 0.4) is 0 Å². The molecule has 0 saturated heterocycles.